The van der Waals surface area contributed by atoms with Gasteiger partial charge in [0.1, 0.15) is 11.9 Å². The van der Waals surface area contributed by atoms with Gasteiger partial charge in [0, 0.05) is 12.2 Å². The van der Waals surface area contributed by atoms with Gasteiger partial charge in [-0.05, 0) is 56.1 Å². The third-order valence-corrected chi connectivity index (χ3v) is 5.03. The Labute approximate surface area is 141 Å². The van der Waals surface area contributed by atoms with Gasteiger partial charge >= 0.3 is 6.09 Å². The van der Waals surface area contributed by atoms with Gasteiger partial charge in [0.2, 0.25) is 0 Å². The Morgan fingerprint density at radius 2 is 1.96 bits per heavy atom. The van der Waals surface area contributed by atoms with Gasteiger partial charge < -0.3 is 9.15 Å². The summed E-state index contributed by atoms with van der Waals surface area (Å²) in [6.45, 7) is 3.50. The van der Waals surface area contributed by atoms with Crippen LogP contribution in [0.25, 0.3) is 0 Å². The normalized spacial score (nSPS) is 25.4. The molecule has 0 aliphatic carbocycles. The third-order valence-electron chi connectivity index (χ3n) is 5.03. The van der Waals surface area contributed by atoms with Crippen LogP contribution in [0.15, 0.2) is 53.1 Å². The summed E-state index contributed by atoms with van der Waals surface area (Å²) < 4.78 is 11.3. The zero-order valence-electron chi connectivity index (χ0n) is 13.6. The number of ether oxygens (including phenoxy) is 1. The fourth-order valence-corrected chi connectivity index (χ4v) is 3.67. The van der Waals surface area contributed by atoms with Gasteiger partial charge in [-0.3, -0.25) is 9.80 Å². The lowest BCUT2D eigenvalue weighted by Crippen LogP contribution is -2.53. The van der Waals surface area contributed by atoms with Crippen molar-refractivity contribution in [1.82, 2.24) is 4.90 Å². The Kier molecular flexibility index (Phi) is 4.26. The molecule has 24 heavy (non-hydrogen) atoms. The van der Waals surface area contributed by atoms with Crippen LogP contribution in [0.3, 0.4) is 0 Å². The summed E-state index contributed by atoms with van der Waals surface area (Å²) in [6.07, 6.45) is 3.58. The highest BCUT2D eigenvalue weighted by molar-refractivity contribution is 5.87. The molecule has 3 aliphatic rings. The molecule has 3 saturated heterocycles. The average Bonchev–Trinajstić information content (AvgIpc) is 3.14. The van der Waals surface area contributed by atoms with Crippen LogP contribution in [-0.2, 0) is 11.3 Å². The Balaban J connectivity index is 1.50. The minimum absolute atomic E-state index is 0.00260. The molecule has 5 rings (SSSR count). The number of piperidine rings is 3. The van der Waals surface area contributed by atoms with E-state index >= 15 is 0 Å². The molecule has 126 valence electrons. The van der Waals surface area contributed by atoms with Gasteiger partial charge in [-0.25, -0.2) is 4.79 Å². The molecule has 2 bridgehead atoms. The molecule has 1 amide bonds. The van der Waals surface area contributed by atoms with Crippen molar-refractivity contribution < 1.29 is 13.9 Å². The highest BCUT2D eigenvalue weighted by Crippen LogP contribution is 2.30. The zero-order chi connectivity index (χ0) is 16.4. The topological polar surface area (TPSA) is 45.9 Å². The summed E-state index contributed by atoms with van der Waals surface area (Å²) in [4.78, 5) is 16.9. The first-order valence-electron chi connectivity index (χ1n) is 8.57. The third kappa shape index (κ3) is 3.17. The van der Waals surface area contributed by atoms with E-state index < -0.39 is 0 Å². The molecule has 5 nitrogen and oxygen atoms in total. The second kappa shape index (κ2) is 6.69. The van der Waals surface area contributed by atoms with Crippen LogP contribution in [-0.4, -0.2) is 36.7 Å². The molecule has 3 fully saturated rings. The maximum atomic E-state index is 12.9. The summed E-state index contributed by atoms with van der Waals surface area (Å²) in [5, 5.41) is 0. The Hall–Kier alpha value is -2.27. The summed E-state index contributed by atoms with van der Waals surface area (Å²) in [6, 6.07) is 13.3. The predicted molar refractivity (Wildman–Crippen MR) is 90.8 cm³/mol. The number of fused-ring (bicyclic) bond motifs is 3. The molecule has 0 saturated carbocycles. The molecule has 3 aliphatic heterocycles. The van der Waals surface area contributed by atoms with E-state index in [4.69, 9.17) is 9.15 Å². The van der Waals surface area contributed by atoms with Gasteiger partial charge in [0.25, 0.3) is 0 Å². The first kappa shape index (κ1) is 15.3. The Morgan fingerprint density at radius 3 is 2.58 bits per heavy atom. The number of furan rings is 1. The first-order valence-corrected chi connectivity index (χ1v) is 8.57. The number of carbonyl (C=O) groups is 1. The molecule has 2 aromatic rings. The Bertz CT molecular complexity index is 663. The van der Waals surface area contributed by atoms with Crippen LogP contribution in [0.2, 0.25) is 0 Å². The molecule has 0 unspecified atom stereocenters. The summed E-state index contributed by atoms with van der Waals surface area (Å²) in [7, 11) is 0. The molecule has 0 radical (unpaired) electrons. The SMILES string of the molecule is O=C(O[C@H]1CN2CCC1CC2)N(Cc1ccco1)c1ccccc1. The minimum Gasteiger partial charge on any atom is -0.467 e. The number of carbonyl (C=O) groups excluding carboxylic acids is 1. The van der Waals surface area contributed by atoms with E-state index in [-0.39, 0.29) is 12.2 Å². The average molecular weight is 326 g/mol. The van der Waals surface area contributed by atoms with E-state index in [1.54, 1.807) is 11.2 Å². The number of hydrogen-bond acceptors (Lipinski definition) is 4. The van der Waals surface area contributed by atoms with Crippen molar-refractivity contribution in [3.63, 3.8) is 0 Å². The maximum Gasteiger partial charge on any atom is 0.415 e. The minimum atomic E-state index is -0.295. The smallest absolute Gasteiger partial charge is 0.415 e. The van der Waals surface area contributed by atoms with Crippen molar-refractivity contribution in [3.8, 4) is 0 Å². The molecule has 5 heteroatoms. The van der Waals surface area contributed by atoms with E-state index in [1.807, 2.05) is 42.5 Å². The predicted octanol–water partition coefficient (Wildman–Crippen LogP) is 3.52. The van der Waals surface area contributed by atoms with Crippen molar-refractivity contribution in [1.29, 1.82) is 0 Å². The van der Waals surface area contributed by atoms with E-state index in [1.165, 1.54) is 0 Å². The Morgan fingerprint density at radius 1 is 1.17 bits per heavy atom. The van der Waals surface area contributed by atoms with Gasteiger partial charge in [-0.2, -0.15) is 0 Å². The van der Waals surface area contributed by atoms with E-state index in [0.29, 0.717) is 12.5 Å². The number of amides is 1. The number of benzene rings is 1. The molecule has 1 aromatic carbocycles. The van der Waals surface area contributed by atoms with Gasteiger partial charge in [0.15, 0.2) is 0 Å². The van der Waals surface area contributed by atoms with Crippen LogP contribution < -0.4 is 4.90 Å². The number of rotatable bonds is 4. The monoisotopic (exact) mass is 326 g/mol. The fraction of sp³-hybridized carbons (Fsp3) is 0.421. The number of nitrogens with zero attached hydrogens (tertiary/aromatic N) is 2. The van der Waals surface area contributed by atoms with Gasteiger partial charge in [0.05, 0.1) is 12.8 Å². The molecule has 0 N–H and O–H groups in total. The number of para-hydroxylation sites is 1. The summed E-state index contributed by atoms with van der Waals surface area (Å²) >= 11 is 0. The second-order valence-corrected chi connectivity index (χ2v) is 6.56. The molecular formula is C19H22N2O3. The lowest BCUT2D eigenvalue weighted by atomic mass is 9.86. The molecule has 4 heterocycles. The number of anilines is 1. The van der Waals surface area contributed by atoms with Crippen LogP contribution in [0, 0.1) is 5.92 Å². The molecule has 0 spiro atoms. The van der Waals surface area contributed by atoms with Crippen molar-refractivity contribution >= 4 is 11.8 Å². The van der Waals surface area contributed by atoms with Crippen molar-refractivity contribution in [2.75, 3.05) is 24.5 Å². The highest BCUT2D eigenvalue weighted by atomic mass is 16.6. The quantitative estimate of drug-likeness (QED) is 0.862. The van der Waals surface area contributed by atoms with Gasteiger partial charge in [-0.15, -0.1) is 0 Å². The largest absolute Gasteiger partial charge is 0.467 e. The second-order valence-electron chi connectivity index (χ2n) is 6.56. The highest BCUT2D eigenvalue weighted by Gasteiger charge is 2.37. The maximum absolute atomic E-state index is 12.9. The zero-order valence-corrected chi connectivity index (χ0v) is 13.6. The lowest BCUT2D eigenvalue weighted by molar-refractivity contribution is -0.0312. The number of hydrogen-bond donors (Lipinski definition) is 0. The van der Waals surface area contributed by atoms with Gasteiger partial charge in [-0.1, -0.05) is 18.2 Å². The summed E-state index contributed by atoms with van der Waals surface area (Å²) in [5.74, 6) is 1.24. The van der Waals surface area contributed by atoms with E-state index in [0.717, 1.165) is 43.9 Å². The molecule has 1 atom stereocenters. The fourth-order valence-electron chi connectivity index (χ4n) is 3.67. The summed E-state index contributed by atoms with van der Waals surface area (Å²) in [5.41, 5.74) is 0.820. The van der Waals surface area contributed by atoms with Crippen LogP contribution >= 0.6 is 0 Å². The van der Waals surface area contributed by atoms with Crippen molar-refractivity contribution in [2.45, 2.75) is 25.5 Å². The molecular weight excluding hydrogens is 304 g/mol. The lowest BCUT2D eigenvalue weighted by Gasteiger charge is -2.44. The van der Waals surface area contributed by atoms with Crippen LogP contribution in [0.4, 0.5) is 10.5 Å². The molecule has 1 aromatic heterocycles. The van der Waals surface area contributed by atoms with E-state index in [9.17, 15) is 4.79 Å². The van der Waals surface area contributed by atoms with Crippen molar-refractivity contribution in [3.05, 3.63) is 54.5 Å². The van der Waals surface area contributed by atoms with Crippen LogP contribution in [0.5, 0.6) is 0 Å². The first-order chi connectivity index (χ1) is 11.8. The van der Waals surface area contributed by atoms with Crippen molar-refractivity contribution in [2.24, 2.45) is 5.92 Å². The standard InChI is InChI=1S/C19H22N2O3/c22-19(24-18-14-20-10-8-15(18)9-11-20)21(13-17-7-4-12-23-17)16-5-2-1-3-6-16/h1-7,12,15,18H,8-11,13-14H2/t18-/m0/s1. The van der Waals surface area contributed by atoms with Crippen LogP contribution in [0.1, 0.15) is 18.6 Å². The van der Waals surface area contributed by atoms with E-state index in [2.05, 4.69) is 4.90 Å².